The Kier molecular flexibility index (Phi) is 4.47. The van der Waals surface area contributed by atoms with E-state index in [4.69, 9.17) is 0 Å². The third-order valence-electron chi connectivity index (χ3n) is 5.43. The molecular weight excluding hydrogens is 300 g/mol. The lowest BCUT2D eigenvalue weighted by Gasteiger charge is -2.36. The van der Waals surface area contributed by atoms with Crippen molar-refractivity contribution in [2.75, 3.05) is 31.1 Å². The molecule has 2 aromatic heterocycles. The number of aryl methyl sites for hydroxylation is 2. The molecule has 24 heavy (non-hydrogen) atoms. The summed E-state index contributed by atoms with van der Waals surface area (Å²) in [6, 6.07) is 2.52. The molecule has 2 bridgehead atoms. The minimum absolute atomic E-state index is 0.636. The quantitative estimate of drug-likeness (QED) is 0.841. The predicted molar refractivity (Wildman–Crippen MR) is 93.9 cm³/mol. The van der Waals surface area contributed by atoms with Crippen molar-refractivity contribution in [3.63, 3.8) is 0 Å². The van der Waals surface area contributed by atoms with Gasteiger partial charge >= 0.3 is 0 Å². The van der Waals surface area contributed by atoms with Gasteiger partial charge in [-0.15, -0.1) is 0 Å². The summed E-state index contributed by atoms with van der Waals surface area (Å²) in [4.78, 5) is 18.3. The summed E-state index contributed by atoms with van der Waals surface area (Å²) in [5.74, 6) is 2.74. The second-order valence-corrected chi connectivity index (χ2v) is 7.07. The molecule has 0 N–H and O–H groups in total. The molecular formula is C18H26N6. The molecule has 6 heteroatoms. The van der Waals surface area contributed by atoms with Crippen LogP contribution in [0.25, 0.3) is 0 Å². The van der Waals surface area contributed by atoms with Gasteiger partial charge in [0, 0.05) is 63.6 Å². The second kappa shape index (κ2) is 6.89. The Hall–Kier alpha value is -1.95. The van der Waals surface area contributed by atoms with Crippen LogP contribution in [0.4, 0.5) is 5.95 Å². The molecule has 3 aliphatic rings. The SMILES string of the molecule is Cc1nccn1CCCN1C[C@H]2CC[C@@H]1CN(c1ncccn1)C2. The zero-order chi connectivity index (χ0) is 16.4. The normalized spacial score (nSPS) is 24.3. The van der Waals surface area contributed by atoms with Crippen LogP contribution in [0.2, 0.25) is 0 Å². The zero-order valence-electron chi connectivity index (χ0n) is 14.4. The molecule has 0 amide bonds. The number of hydrogen-bond acceptors (Lipinski definition) is 5. The summed E-state index contributed by atoms with van der Waals surface area (Å²) in [5, 5.41) is 0. The topological polar surface area (TPSA) is 50.1 Å². The molecule has 3 aliphatic heterocycles. The van der Waals surface area contributed by atoms with Gasteiger partial charge in [-0.25, -0.2) is 15.0 Å². The van der Waals surface area contributed by atoms with Crippen molar-refractivity contribution in [1.29, 1.82) is 0 Å². The van der Waals surface area contributed by atoms with Crippen LogP contribution in [0.3, 0.4) is 0 Å². The molecule has 3 saturated heterocycles. The summed E-state index contributed by atoms with van der Waals surface area (Å²) >= 11 is 0. The van der Waals surface area contributed by atoms with Crippen LogP contribution in [0.1, 0.15) is 25.1 Å². The van der Waals surface area contributed by atoms with Crippen LogP contribution >= 0.6 is 0 Å². The maximum absolute atomic E-state index is 4.46. The van der Waals surface area contributed by atoms with Gasteiger partial charge in [0.2, 0.25) is 5.95 Å². The molecule has 0 aromatic carbocycles. The summed E-state index contributed by atoms with van der Waals surface area (Å²) in [5.41, 5.74) is 0. The minimum atomic E-state index is 0.636. The monoisotopic (exact) mass is 326 g/mol. The third-order valence-corrected chi connectivity index (χ3v) is 5.43. The van der Waals surface area contributed by atoms with Gasteiger partial charge in [-0.05, 0) is 38.2 Å². The zero-order valence-corrected chi connectivity index (χ0v) is 14.4. The van der Waals surface area contributed by atoms with Crippen LogP contribution < -0.4 is 4.90 Å². The average Bonchev–Trinajstić information content (AvgIpc) is 2.83. The van der Waals surface area contributed by atoms with E-state index in [0.29, 0.717) is 6.04 Å². The molecule has 128 valence electrons. The molecule has 6 nitrogen and oxygen atoms in total. The number of fused-ring (bicyclic) bond motifs is 4. The highest BCUT2D eigenvalue weighted by Crippen LogP contribution is 2.29. The Morgan fingerprint density at radius 3 is 2.67 bits per heavy atom. The fourth-order valence-electron chi connectivity index (χ4n) is 4.15. The van der Waals surface area contributed by atoms with Crippen molar-refractivity contribution in [1.82, 2.24) is 24.4 Å². The van der Waals surface area contributed by atoms with Gasteiger partial charge < -0.3 is 9.47 Å². The second-order valence-electron chi connectivity index (χ2n) is 7.07. The van der Waals surface area contributed by atoms with E-state index in [1.54, 1.807) is 0 Å². The predicted octanol–water partition coefficient (Wildman–Crippen LogP) is 1.97. The highest BCUT2D eigenvalue weighted by atomic mass is 15.3. The molecule has 2 aromatic rings. The standard InChI is InChI=1S/C18H26N6/c1-15-19-8-11-22(15)9-3-10-23-12-16-4-5-17(23)14-24(13-16)18-20-6-2-7-21-18/h2,6-8,11,16-17H,3-5,9-10,12-14H2,1H3/t16-,17-/m1/s1. The Bertz CT molecular complexity index is 655. The van der Waals surface area contributed by atoms with Crippen LogP contribution in [0.5, 0.6) is 0 Å². The lowest BCUT2D eigenvalue weighted by Crippen LogP contribution is -2.44. The number of piperidine rings is 1. The molecule has 0 aliphatic carbocycles. The van der Waals surface area contributed by atoms with Gasteiger partial charge in [-0.2, -0.15) is 0 Å². The summed E-state index contributed by atoms with van der Waals surface area (Å²) < 4.78 is 2.25. The fourth-order valence-corrected chi connectivity index (χ4v) is 4.15. The van der Waals surface area contributed by atoms with E-state index in [0.717, 1.165) is 37.3 Å². The minimum Gasteiger partial charge on any atom is -0.339 e. The summed E-state index contributed by atoms with van der Waals surface area (Å²) in [6.45, 7) is 7.68. The number of anilines is 1. The molecule has 2 atom stereocenters. The van der Waals surface area contributed by atoms with E-state index < -0.39 is 0 Å². The van der Waals surface area contributed by atoms with Crippen molar-refractivity contribution in [2.24, 2.45) is 5.92 Å². The highest BCUT2D eigenvalue weighted by Gasteiger charge is 2.35. The summed E-state index contributed by atoms with van der Waals surface area (Å²) in [6.07, 6.45) is 11.5. The first-order valence-corrected chi connectivity index (χ1v) is 9.03. The first kappa shape index (κ1) is 15.6. The Labute approximate surface area is 143 Å². The number of rotatable bonds is 5. The van der Waals surface area contributed by atoms with Crippen molar-refractivity contribution >= 4 is 5.95 Å². The van der Waals surface area contributed by atoms with Crippen LogP contribution in [0.15, 0.2) is 30.9 Å². The summed E-state index contributed by atoms with van der Waals surface area (Å²) in [7, 11) is 0. The lowest BCUT2D eigenvalue weighted by atomic mass is 9.95. The number of hydrogen-bond donors (Lipinski definition) is 0. The van der Waals surface area contributed by atoms with Gasteiger partial charge in [0.25, 0.3) is 0 Å². The average molecular weight is 326 g/mol. The van der Waals surface area contributed by atoms with E-state index in [2.05, 4.69) is 42.4 Å². The van der Waals surface area contributed by atoms with Crippen LogP contribution in [-0.2, 0) is 6.54 Å². The van der Waals surface area contributed by atoms with Crippen LogP contribution in [-0.4, -0.2) is 56.6 Å². The lowest BCUT2D eigenvalue weighted by molar-refractivity contribution is 0.131. The molecule has 3 fully saturated rings. The maximum Gasteiger partial charge on any atom is 0.225 e. The van der Waals surface area contributed by atoms with Crippen molar-refractivity contribution in [2.45, 2.75) is 38.8 Å². The van der Waals surface area contributed by atoms with E-state index in [-0.39, 0.29) is 0 Å². The van der Waals surface area contributed by atoms with Crippen LogP contribution in [0, 0.1) is 12.8 Å². The Morgan fingerprint density at radius 1 is 1.00 bits per heavy atom. The van der Waals surface area contributed by atoms with Gasteiger partial charge in [-0.3, -0.25) is 4.90 Å². The van der Waals surface area contributed by atoms with Gasteiger partial charge in [-0.1, -0.05) is 0 Å². The van der Waals surface area contributed by atoms with Crippen molar-refractivity contribution in [3.8, 4) is 0 Å². The largest absolute Gasteiger partial charge is 0.339 e. The van der Waals surface area contributed by atoms with E-state index in [9.17, 15) is 0 Å². The van der Waals surface area contributed by atoms with E-state index in [1.165, 1.54) is 32.4 Å². The fraction of sp³-hybridized carbons (Fsp3) is 0.611. The molecule has 5 rings (SSSR count). The van der Waals surface area contributed by atoms with Gasteiger partial charge in [0.1, 0.15) is 5.82 Å². The number of nitrogens with zero attached hydrogens (tertiary/aromatic N) is 6. The van der Waals surface area contributed by atoms with E-state index in [1.807, 2.05) is 24.7 Å². The highest BCUT2D eigenvalue weighted by molar-refractivity contribution is 5.30. The third kappa shape index (κ3) is 3.29. The Balaban J connectivity index is 1.37. The maximum atomic E-state index is 4.46. The smallest absolute Gasteiger partial charge is 0.225 e. The van der Waals surface area contributed by atoms with Crippen molar-refractivity contribution < 1.29 is 0 Å². The van der Waals surface area contributed by atoms with E-state index >= 15 is 0 Å². The van der Waals surface area contributed by atoms with Gasteiger partial charge in [0.15, 0.2) is 0 Å². The van der Waals surface area contributed by atoms with Gasteiger partial charge in [0.05, 0.1) is 0 Å². The number of aromatic nitrogens is 4. The molecule has 0 spiro atoms. The van der Waals surface area contributed by atoms with Crippen molar-refractivity contribution in [3.05, 3.63) is 36.7 Å². The first-order chi connectivity index (χ1) is 11.8. The molecule has 0 unspecified atom stereocenters. The molecule has 0 saturated carbocycles. The molecule has 0 radical (unpaired) electrons. The molecule has 5 heterocycles. The Morgan fingerprint density at radius 2 is 1.88 bits per heavy atom. The number of imidazole rings is 1. The first-order valence-electron chi connectivity index (χ1n) is 9.03.